The summed E-state index contributed by atoms with van der Waals surface area (Å²) in [5, 5.41) is 6.05. The number of carbonyl (C=O) groups is 1. The zero-order chi connectivity index (χ0) is 21.0. The number of aryl methyl sites for hydroxylation is 3. The van der Waals surface area contributed by atoms with Crippen LogP contribution in [0.15, 0.2) is 42.7 Å². The van der Waals surface area contributed by atoms with Gasteiger partial charge in [-0.05, 0) is 44.0 Å². The van der Waals surface area contributed by atoms with E-state index in [0.29, 0.717) is 23.0 Å². The van der Waals surface area contributed by atoms with Gasteiger partial charge in [-0.1, -0.05) is 17.7 Å². The summed E-state index contributed by atoms with van der Waals surface area (Å²) < 4.78 is 10.5. The lowest BCUT2D eigenvalue weighted by Crippen LogP contribution is -2.15. The molecule has 0 aliphatic rings. The van der Waals surface area contributed by atoms with Crippen LogP contribution in [0.25, 0.3) is 0 Å². The molecule has 0 aliphatic heterocycles. The minimum Gasteiger partial charge on any atom is -0.497 e. The molecule has 0 spiro atoms. The van der Waals surface area contributed by atoms with Crippen LogP contribution >= 0.6 is 0 Å². The molecule has 0 atom stereocenters. The minimum absolute atomic E-state index is 0.192. The number of ether oxygens (including phenoxy) is 2. The summed E-state index contributed by atoms with van der Waals surface area (Å²) in [5.41, 5.74) is 5.12. The van der Waals surface area contributed by atoms with Crippen LogP contribution < -0.4 is 20.1 Å². The number of nitrogens with one attached hydrogen (secondary N) is 2. The summed E-state index contributed by atoms with van der Waals surface area (Å²) in [5.74, 6) is 1.31. The highest BCUT2D eigenvalue weighted by Gasteiger charge is 2.13. The normalized spacial score (nSPS) is 10.4. The minimum atomic E-state index is -0.390. The van der Waals surface area contributed by atoms with Gasteiger partial charge in [-0.3, -0.25) is 4.79 Å². The van der Waals surface area contributed by atoms with Crippen molar-refractivity contribution >= 4 is 23.1 Å². The quantitative estimate of drug-likeness (QED) is 0.646. The third kappa shape index (κ3) is 4.63. The van der Waals surface area contributed by atoms with Gasteiger partial charge in [0.1, 0.15) is 23.0 Å². The van der Waals surface area contributed by atoms with Gasteiger partial charge >= 0.3 is 0 Å². The molecular weight excluding hydrogens is 368 g/mol. The molecule has 0 saturated heterocycles. The first-order chi connectivity index (χ1) is 13.9. The number of rotatable bonds is 6. The average molecular weight is 392 g/mol. The van der Waals surface area contributed by atoms with Crippen LogP contribution in [0.5, 0.6) is 11.5 Å². The Labute approximate surface area is 170 Å². The van der Waals surface area contributed by atoms with Crippen molar-refractivity contribution in [3.05, 3.63) is 65.1 Å². The van der Waals surface area contributed by atoms with E-state index in [1.165, 1.54) is 25.1 Å². The molecule has 1 heterocycles. The number of benzene rings is 2. The van der Waals surface area contributed by atoms with Gasteiger partial charge < -0.3 is 20.1 Å². The number of hydrogen-bond donors (Lipinski definition) is 2. The van der Waals surface area contributed by atoms with E-state index in [1.54, 1.807) is 25.3 Å². The first-order valence-corrected chi connectivity index (χ1v) is 9.11. The molecule has 0 aliphatic carbocycles. The van der Waals surface area contributed by atoms with Crippen LogP contribution in [0.4, 0.5) is 17.2 Å². The van der Waals surface area contributed by atoms with Gasteiger partial charge in [-0.2, -0.15) is 0 Å². The summed E-state index contributed by atoms with van der Waals surface area (Å²) in [6.45, 7) is 6.15. The molecule has 7 heteroatoms. The SMILES string of the molecule is COc1ccc(OC)c(NC(=O)c2cnc(Nc3c(C)cc(C)cc3C)cn2)c1. The Morgan fingerprint density at radius 1 is 0.931 bits per heavy atom. The first kappa shape index (κ1) is 20.1. The Morgan fingerprint density at radius 2 is 1.66 bits per heavy atom. The molecule has 1 amide bonds. The maximum atomic E-state index is 12.6. The number of amides is 1. The smallest absolute Gasteiger partial charge is 0.275 e. The summed E-state index contributed by atoms with van der Waals surface area (Å²) >= 11 is 0. The highest BCUT2D eigenvalue weighted by Crippen LogP contribution is 2.29. The van der Waals surface area contributed by atoms with Gasteiger partial charge in [0, 0.05) is 11.8 Å². The molecule has 2 N–H and O–H groups in total. The van der Waals surface area contributed by atoms with Crippen LogP contribution in [0.3, 0.4) is 0 Å². The fourth-order valence-corrected chi connectivity index (χ4v) is 3.11. The summed E-state index contributed by atoms with van der Waals surface area (Å²) in [6.07, 6.45) is 2.97. The average Bonchev–Trinajstić information content (AvgIpc) is 2.71. The van der Waals surface area contributed by atoms with Crippen molar-refractivity contribution in [3.63, 3.8) is 0 Å². The highest BCUT2D eigenvalue weighted by atomic mass is 16.5. The summed E-state index contributed by atoms with van der Waals surface area (Å²) in [7, 11) is 3.09. The van der Waals surface area contributed by atoms with Gasteiger partial charge in [-0.15, -0.1) is 0 Å². The Bertz CT molecular complexity index is 1010. The zero-order valence-electron chi connectivity index (χ0n) is 17.2. The number of aromatic nitrogens is 2. The van der Waals surface area contributed by atoms with Gasteiger partial charge in [0.05, 0.1) is 32.3 Å². The lowest BCUT2D eigenvalue weighted by molar-refractivity contribution is 0.102. The second-order valence-electron chi connectivity index (χ2n) is 6.71. The van der Waals surface area contributed by atoms with Crippen molar-refractivity contribution in [3.8, 4) is 11.5 Å². The topological polar surface area (TPSA) is 85.4 Å². The second kappa shape index (κ2) is 8.60. The van der Waals surface area contributed by atoms with E-state index in [4.69, 9.17) is 9.47 Å². The second-order valence-corrected chi connectivity index (χ2v) is 6.71. The van der Waals surface area contributed by atoms with Crippen molar-refractivity contribution < 1.29 is 14.3 Å². The van der Waals surface area contributed by atoms with E-state index in [0.717, 1.165) is 16.8 Å². The van der Waals surface area contributed by atoms with E-state index < -0.39 is 5.91 Å². The molecule has 2 aromatic carbocycles. The molecule has 3 aromatic rings. The third-order valence-electron chi connectivity index (χ3n) is 4.47. The molecule has 0 unspecified atom stereocenters. The van der Waals surface area contributed by atoms with Crippen LogP contribution in [-0.2, 0) is 0 Å². The maximum absolute atomic E-state index is 12.6. The van der Waals surface area contributed by atoms with Crippen LogP contribution in [0.1, 0.15) is 27.2 Å². The lowest BCUT2D eigenvalue weighted by Gasteiger charge is -2.13. The Hall–Kier alpha value is -3.61. The third-order valence-corrected chi connectivity index (χ3v) is 4.47. The molecule has 150 valence electrons. The van der Waals surface area contributed by atoms with Gasteiger partial charge in [0.15, 0.2) is 0 Å². The van der Waals surface area contributed by atoms with E-state index >= 15 is 0 Å². The van der Waals surface area contributed by atoms with Crippen molar-refractivity contribution in [1.82, 2.24) is 9.97 Å². The lowest BCUT2D eigenvalue weighted by atomic mass is 10.1. The van der Waals surface area contributed by atoms with Crippen molar-refractivity contribution in [2.24, 2.45) is 0 Å². The van der Waals surface area contributed by atoms with E-state index in [2.05, 4.69) is 39.7 Å². The predicted octanol–water partition coefficient (Wildman–Crippen LogP) is 4.41. The largest absolute Gasteiger partial charge is 0.497 e. The van der Waals surface area contributed by atoms with Crippen molar-refractivity contribution in [2.45, 2.75) is 20.8 Å². The van der Waals surface area contributed by atoms with Gasteiger partial charge in [0.25, 0.3) is 5.91 Å². The molecule has 1 aromatic heterocycles. The molecule has 0 radical (unpaired) electrons. The molecule has 3 rings (SSSR count). The summed E-state index contributed by atoms with van der Waals surface area (Å²) in [6, 6.07) is 9.37. The van der Waals surface area contributed by atoms with Crippen LogP contribution in [-0.4, -0.2) is 30.1 Å². The number of nitrogens with zero attached hydrogens (tertiary/aromatic N) is 2. The van der Waals surface area contributed by atoms with Gasteiger partial charge in [0.2, 0.25) is 0 Å². The molecular formula is C22H24N4O3. The van der Waals surface area contributed by atoms with Crippen LogP contribution in [0.2, 0.25) is 0 Å². The number of anilines is 3. The fraction of sp³-hybridized carbons (Fsp3) is 0.227. The predicted molar refractivity (Wildman–Crippen MR) is 113 cm³/mol. The Kier molecular flexibility index (Phi) is 5.97. The monoisotopic (exact) mass is 392 g/mol. The van der Waals surface area contributed by atoms with Crippen molar-refractivity contribution in [2.75, 3.05) is 24.9 Å². The van der Waals surface area contributed by atoms with E-state index in [-0.39, 0.29) is 5.69 Å². The van der Waals surface area contributed by atoms with Gasteiger partial charge in [-0.25, -0.2) is 9.97 Å². The molecule has 0 fully saturated rings. The van der Waals surface area contributed by atoms with E-state index in [1.807, 2.05) is 13.8 Å². The zero-order valence-corrected chi connectivity index (χ0v) is 17.2. The molecule has 0 bridgehead atoms. The number of hydrogen-bond acceptors (Lipinski definition) is 6. The van der Waals surface area contributed by atoms with Crippen LogP contribution in [0, 0.1) is 20.8 Å². The van der Waals surface area contributed by atoms with Crippen molar-refractivity contribution in [1.29, 1.82) is 0 Å². The van der Waals surface area contributed by atoms with E-state index in [9.17, 15) is 4.79 Å². The molecule has 7 nitrogen and oxygen atoms in total. The Morgan fingerprint density at radius 3 is 2.24 bits per heavy atom. The highest BCUT2D eigenvalue weighted by molar-refractivity contribution is 6.03. The standard InChI is InChI=1S/C22H24N4O3/c1-13-8-14(2)21(15(3)9-13)26-20-12-23-18(11-24-20)22(27)25-17-10-16(28-4)6-7-19(17)29-5/h6-12H,1-5H3,(H,24,26)(H,25,27). The number of methoxy groups -OCH3 is 2. The molecule has 0 saturated carbocycles. The number of carbonyl (C=O) groups excluding carboxylic acids is 1. The molecule has 29 heavy (non-hydrogen) atoms. The summed E-state index contributed by atoms with van der Waals surface area (Å²) in [4.78, 5) is 21.1. The maximum Gasteiger partial charge on any atom is 0.275 e. The first-order valence-electron chi connectivity index (χ1n) is 9.11. The Balaban J connectivity index is 1.76. The fourth-order valence-electron chi connectivity index (χ4n) is 3.11.